The summed E-state index contributed by atoms with van der Waals surface area (Å²) in [6.45, 7) is 3.20. The first-order valence-corrected chi connectivity index (χ1v) is 7.16. The van der Waals surface area contributed by atoms with Crippen LogP contribution < -0.4 is 5.32 Å². The van der Waals surface area contributed by atoms with Crippen molar-refractivity contribution in [3.05, 3.63) is 69.3 Å². The van der Waals surface area contributed by atoms with Crippen LogP contribution in [0, 0.1) is 24.0 Å². The van der Waals surface area contributed by atoms with Gasteiger partial charge in [-0.05, 0) is 37.1 Å². The average Bonchev–Trinajstić information content (AvgIpc) is 2.55. The Morgan fingerprint density at radius 3 is 2.58 bits per heavy atom. The van der Waals surface area contributed by atoms with Crippen molar-refractivity contribution in [3.8, 4) is 0 Å². The standard InChI is InChI=1S/C17H16N2O5/c1-11-5-3-8-15(12(11)2)17(21)24-10-16(20)18-13-6-4-7-14(9-13)19(22)23/h3-9H,10H2,1-2H3,(H,18,20). The van der Waals surface area contributed by atoms with Crippen molar-refractivity contribution in [2.75, 3.05) is 11.9 Å². The van der Waals surface area contributed by atoms with Gasteiger partial charge in [0.2, 0.25) is 0 Å². The predicted molar refractivity (Wildman–Crippen MR) is 87.9 cm³/mol. The minimum absolute atomic E-state index is 0.139. The van der Waals surface area contributed by atoms with Crippen LogP contribution in [0.3, 0.4) is 0 Å². The van der Waals surface area contributed by atoms with Crippen LogP contribution in [-0.2, 0) is 9.53 Å². The maximum Gasteiger partial charge on any atom is 0.338 e. The van der Waals surface area contributed by atoms with Crippen molar-refractivity contribution in [3.63, 3.8) is 0 Å². The summed E-state index contributed by atoms with van der Waals surface area (Å²) in [5, 5.41) is 13.1. The molecule has 0 heterocycles. The van der Waals surface area contributed by atoms with E-state index >= 15 is 0 Å². The number of nitro groups is 1. The second kappa shape index (κ2) is 7.36. The third-order valence-corrected chi connectivity index (χ3v) is 3.50. The van der Waals surface area contributed by atoms with Crippen molar-refractivity contribution >= 4 is 23.3 Å². The number of ether oxygens (including phenoxy) is 1. The Kier molecular flexibility index (Phi) is 5.26. The minimum Gasteiger partial charge on any atom is -0.452 e. The van der Waals surface area contributed by atoms with Crippen molar-refractivity contribution < 1.29 is 19.2 Å². The molecule has 0 saturated heterocycles. The van der Waals surface area contributed by atoms with Gasteiger partial charge in [0.1, 0.15) is 0 Å². The zero-order valence-corrected chi connectivity index (χ0v) is 13.2. The molecule has 0 aromatic heterocycles. The van der Waals surface area contributed by atoms with E-state index in [2.05, 4.69) is 5.32 Å². The van der Waals surface area contributed by atoms with Gasteiger partial charge in [-0.2, -0.15) is 0 Å². The number of aryl methyl sites for hydroxylation is 1. The number of benzene rings is 2. The molecule has 24 heavy (non-hydrogen) atoms. The lowest BCUT2D eigenvalue weighted by Gasteiger charge is -2.09. The molecule has 0 aliphatic rings. The first-order chi connectivity index (χ1) is 11.4. The molecule has 124 valence electrons. The zero-order valence-electron chi connectivity index (χ0n) is 13.2. The van der Waals surface area contributed by atoms with Crippen LogP contribution in [0.2, 0.25) is 0 Å². The molecule has 0 atom stereocenters. The van der Waals surface area contributed by atoms with Crippen molar-refractivity contribution in [1.29, 1.82) is 0 Å². The first-order valence-electron chi connectivity index (χ1n) is 7.16. The lowest BCUT2D eigenvalue weighted by atomic mass is 10.0. The second-order valence-electron chi connectivity index (χ2n) is 5.18. The number of esters is 1. The molecule has 7 nitrogen and oxygen atoms in total. The highest BCUT2D eigenvalue weighted by atomic mass is 16.6. The molecule has 0 fully saturated rings. The Morgan fingerprint density at radius 2 is 1.88 bits per heavy atom. The van der Waals surface area contributed by atoms with Crippen LogP contribution in [0.15, 0.2) is 42.5 Å². The van der Waals surface area contributed by atoms with E-state index in [1.54, 1.807) is 19.1 Å². The number of anilines is 1. The summed E-state index contributed by atoms with van der Waals surface area (Å²) in [6, 6.07) is 10.8. The summed E-state index contributed by atoms with van der Waals surface area (Å²) in [5.41, 5.74) is 2.27. The van der Waals surface area contributed by atoms with Crippen LogP contribution in [0.1, 0.15) is 21.5 Å². The predicted octanol–water partition coefficient (Wildman–Crippen LogP) is 3.01. The first kappa shape index (κ1) is 17.1. The van der Waals surface area contributed by atoms with E-state index < -0.39 is 23.4 Å². The fraction of sp³-hybridized carbons (Fsp3) is 0.176. The van der Waals surface area contributed by atoms with Crippen LogP contribution in [0.5, 0.6) is 0 Å². The van der Waals surface area contributed by atoms with E-state index in [4.69, 9.17) is 4.74 Å². The van der Waals surface area contributed by atoms with E-state index in [0.29, 0.717) is 5.56 Å². The maximum absolute atomic E-state index is 12.0. The van der Waals surface area contributed by atoms with Gasteiger partial charge in [0.25, 0.3) is 11.6 Å². The van der Waals surface area contributed by atoms with Crippen LogP contribution in [0.25, 0.3) is 0 Å². The van der Waals surface area contributed by atoms with E-state index in [-0.39, 0.29) is 11.4 Å². The minimum atomic E-state index is -0.592. The Labute approximate surface area is 138 Å². The zero-order chi connectivity index (χ0) is 17.7. The van der Waals surface area contributed by atoms with Gasteiger partial charge < -0.3 is 10.1 Å². The van der Waals surface area contributed by atoms with Gasteiger partial charge in [-0.25, -0.2) is 4.79 Å². The number of hydrogen-bond donors (Lipinski definition) is 1. The molecule has 7 heteroatoms. The SMILES string of the molecule is Cc1cccc(C(=O)OCC(=O)Nc2cccc([N+](=O)[O-])c2)c1C. The molecular weight excluding hydrogens is 312 g/mol. The van der Waals surface area contributed by atoms with Gasteiger partial charge in [0, 0.05) is 17.8 Å². The van der Waals surface area contributed by atoms with Gasteiger partial charge in [0.15, 0.2) is 6.61 Å². The molecule has 0 bridgehead atoms. The Bertz CT molecular complexity index is 801. The van der Waals surface area contributed by atoms with Gasteiger partial charge >= 0.3 is 5.97 Å². The van der Waals surface area contributed by atoms with Gasteiger partial charge in [-0.1, -0.05) is 18.2 Å². The lowest BCUT2D eigenvalue weighted by molar-refractivity contribution is -0.384. The molecule has 2 rings (SSSR count). The summed E-state index contributed by atoms with van der Waals surface area (Å²) in [6.07, 6.45) is 0. The largest absolute Gasteiger partial charge is 0.452 e. The number of rotatable bonds is 5. The maximum atomic E-state index is 12.0. The quantitative estimate of drug-likeness (QED) is 0.517. The Hall–Kier alpha value is -3.22. The summed E-state index contributed by atoms with van der Waals surface area (Å²) < 4.78 is 4.99. The average molecular weight is 328 g/mol. The van der Waals surface area contributed by atoms with Gasteiger partial charge in [-0.15, -0.1) is 0 Å². The third kappa shape index (κ3) is 4.16. The molecule has 0 radical (unpaired) electrons. The molecule has 0 aliphatic carbocycles. The number of carbonyl (C=O) groups excluding carboxylic acids is 2. The summed E-state index contributed by atoms with van der Waals surface area (Å²) in [7, 11) is 0. The van der Waals surface area contributed by atoms with Crippen molar-refractivity contribution in [2.24, 2.45) is 0 Å². The monoisotopic (exact) mass is 328 g/mol. The van der Waals surface area contributed by atoms with E-state index in [1.807, 2.05) is 13.0 Å². The molecular formula is C17H16N2O5. The third-order valence-electron chi connectivity index (χ3n) is 3.50. The molecule has 0 unspecified atom stereocenters. The van der Waals surface area contributed by atoms with Gasteiger partial charge in [-0.3, -0.25) is 14.9 Å². The lowest BCUT2D eigenvalue weighted by Crippen LogP contribution is -2.21. The van der Waals surface area contributed by atoms with E-state index in [9.17, 15) is 19.7 Å². The van der Waals surface area contributed by atoms with Crippen LogP contribution in [0.4, 0.5) is 11.4 Å². The Morgan fingerprint density at radius 1 is 1.17 bits per heavy atom. The number of non-ortho nitro benzene ring substituents is 1. The fourth-order valence-electron chi connectivity index (χ4n) is 2.08. The normalized spacial score (nSPS) is 10.1. The summed E-state index contributed by atoms with van der Waals surface area (Å²) in [4.78, 5) is 34.0. The van der Waals surface area contributed by atoms with Gasteiger partial charge in [0.05, 0.1) is 10.5 Å². The second-order valence-corrected chi connectivity index (χ2v) is 5.18. The molecule has 0 aliphatic heterocycles. The highest BCUT2D eigenvalue weighted by Crippen LogP contribution is 2.17. The summed E-state index contributed by atoms with van der Waals surface area (Å²) >= 11 is 0. The van der Waals surface area contributed by atoms with E-state index in [0.717, 1.165) is 11.1 Å². The molecule has 0 spiro atoms. The van der Waals surface area contributed by atoms with Crippen LogP contribution in [-0.4, -0.2) is 23.4 Å². The topological polar surface area (TPSA) is 98.5 Å². The molecule has 2 aromatic carbocycles. The molecule has 1 amide bonds. The number of nitrogens with one attached hydrogen (secondary N) is 1. The van der Waals surface area contributed by atoms with Crippen molar-refractivity contribution in [2.45, 2.75) is 13.8 Å². The smallest absolute Gasteiger partial charge is 0.338 e. The number of amides is 1. The number of hydrogen-bond acceptors (Lipinski definition) is 5. The van der Waals surface area contributed by atoms with Crippen LogP contribution >= 0.6 is 0 Å². The molecule has 1 N–H and O–H groups in total. The molecule has 2 aromatic rings. The number of nitro benzene ring substituents is 1. The number of nitrogens with zero attached hydrogens (tertiary/aromatic N) is 1. The highest BCUT2D eigenvalue weighted by Gasteiger charge is 2.14. The Balaban J connectivity index is 1.96. The number of carbonyl (C=O) groups is 2. The molecule has 0 saturated carbocycles. The van der Waals surface area contributed by atoms with E-state index in [1.165, 1.54) is 24.3 Å². The fourth-order valence-corrected chi connectivity index (χ4v) is 2.08. The van der Waals surface area contributed by atoms with Crippen molar-refractivity contribution in [1.82, 2.24) is 0 Å². The summed E-state index contributed by atoms with van der Waals surface area (Å²) in [5.74, 6) is -1.17. The highest BCUT2D eigenvalue weighted by molar-refractivity contribution is 5.96.